The fraction of sp³-hybridized carbons (Fsp3) is 0.833. The average molecular weight is 241 g/mol. The van der Waals surface area contributed by atoms with Crippen LogP contribution >= 0.6 is 0 Å². The monoisotopic (exact) mass is 241 g/mol. The number of likely N-dealkylation sites (N-methyl/N-ethyl adjacent to an activating group) is 1. The summed E-state index contributed by atoms with van der Waals surface area (Å²) in [7, 11) is 1.70. The summed E-state index contributed by atoms with van der Waals surface area (Å²) in [6.45, 7) is 5.79. The first-order valence-electron chi connectivity index (χ1n) is 6.33. The van der Waals surface area contributed by atoms with Crippen LogP contribution < -0.4 is 5.32 Å². The van der Waals surface area contributed by atoms with E-state index in [-0.39, 0.29) is 6.04 Å². The first-order valence-corrected chi connectivity index (χ1v) is 6.33. The zero-order chi connectivity index (χ0) is 12.5. The van der Waals surface area contributed by atoms with Crippen molar-refractivity contribution in [3.63, 3.8) is 0 Å². The molecule has 17 heavy (non-hydrogen) atoms. The second-order valence-corrected chi connectivity index (χ2v) is 4.12. The molecule has 1 heterocycles. The van der Waals surface area contributed by atoms with Crippen LogP contribution in [-0.4, -0.2) is 36.4 Å². The Morgan fingerprint density at radius 1 is 1.41 bits per heavy atom. The zero-order valence-corrected chi connectivity index (χ0v) is 11.0. The van der Waals surface area contributed by atoms with Crippen LogP contribution in [0.2, 0.25) is 0 Å². The lowest BCUT2D eigenvalue weighted by molar-refractivity contribution is 0.162. The van der Waals surface area contributed by atoms with Crippen LogP contribution in [0.5, 0.6) is 0 Å². The summed E-state index contributed by atoms with van der Waals surface area (Å²) in [6, 6.07) is 0.240. The van der Waals surface area contributed by atoms with E-state index < -0.39 is 0 Å². The van der Waals surface area contributed by atoms with E-state index in [2.05, 4.69) is 29.3 Å². The van der Waals surface area contributed by atoms with Crippen molar-refractivity contribution in [2.45, 2.75) is 45.6 Å². The van der Waals surface area contributed by atoms with E-state index in [9.17, 15) is 0 Å². The van der Waals surface area contributed by atoms with E-state index in [1.54, 1.807) is 7.11 Å². The highest BCUT2D eigenvalue weighted by Gasteiger charge is 2.13. The number of aryl methyl sites for hydroxylation is 1. The smallest absolute Gasteiger partial charge is 0.228 e. The molecule has 0 saturated carbocycles. The Morgan fingerprint density at radius 3 is 2.88 bits per heavy atom. The molecular weight excluding hydrogens is 218 g/mol. The van der Waals surface area contributed by atoms with Gasteiger partial charge in [0.05, 0.1) is 6.61 Å². The fourth-order valence-corrected chi connectivity index (χ4v) is 1.70. The predicted octanol–water partition coefficient (Wildman–Crippen LogP) is 1.58. The van der Waals surface area contributed by atoms with Gasteiger partial charge < -0.3 is 14.6 Å². The van der Waals surface area contributed by atoms with E-state index in [0.29, 0.717) is 12.5 Å². The molecule has 0 radical (unpaired) electrons. The third-order valence-corrected chi connectivity index (χ3v) is 2.55. The minimum atomic E-state index is 0.240. The van der Waals surface area contributed by atoms with Crippen LogP contribution in [0.15, 0.2) is 4.52 Å². The van der Waals surface area contributed by atoms with Crippen molar-refractivity contribution in [3.8, 4) is 0 Å². The standard InChI is InChI=1S/C12H23N3O2/c1-4-6-7-11-14-12(17-15-11)8-10(9-16-3)13-5-2/h10,13H,4-9H2,1-3H3. The molecule has 0 aliphatic rings. The van der Waals surface area contributed by atoms with Gasteiger partial charge in [0.25, 0.3) is 0 Å². The summed E-state index contributed by atoms with van der Waals surface area (Å²) in [6.07, 6.45) is 3.87. The molecule has 0 fully saturated rings. The number of nitrogens with one attached hydrogen (secondary N) is 1. The van der Waals surface area contributed by atoms with Gasteiger partial charge in [-0.05, 0) is 13.0 Å². The quantitative estimate of drug-likeness (QED) is 0.711. The third-order valence-electron chi connectivity index (χ3n) is 2.55. The van der Waals surface area contributed by atoms with Crippen molar-refractivity contribution in [1.82, 2.24) is 15.5 Å². The average Bonchev–Trinajstić information content (AvgIpc) is 2.75. The molecule has 1 N–H and O–H groups in total. The second kappa shape index (κ2) is 8.20. The number of aromatic nitrogens is 2. The lowest BCUT2D eigenvalue weighted by Gasteiger charge is -2.14. The van der Waals surface area contributed by atoms with Crippen molar-refractivity contribution in [2.24, 2.45) is 0 Å². The molecule has 5 nitrogen and oxygen atoms in total. The Hall–Kier alpha value is -0.940. The van der Waals surface area contributed by atoms with Gasteiger partial charge in [0.2, 0.25) is 5.89 Å². The zero-order valence-electron chi connectivity index (χ0n) is 11.0. The molecule has 0 aliphatic carbocycles. The van der Waals surface area contributed by atoms with Crippen molar-refractivity contribution in [3.05, 3.63) is 11.7 Å². The number of rotatable bonds is 9. The molecule has 1 atom stereocenters. The molecular formula is C12H23N3O2. The van der Waals surface area contributed by atoms with Crippen molar-refractivity contribution in [1.29, 1.82) is 0 Å². The number of nitrogens with zero attached hydrogens (tertiary/aromatic N) is 2. The maximum Gasteiger partial charge on any atom is 0.228 e. The molecule has 1 aromatic heterocycles. The van der Waals surface area contributed by atoms with E-state index in [4.69, 9.17) is 9.26 Å². The van der Waals surface area contributed by atoms with E-state index in [1.807, 2.05) is 0 Å². The van der Waals surface area contributed by atoms with Gasteiger partial charge in [-0.25, -0.2) is 0 Å². The summed E-state index contributed by atoms with van der Waals surface area (Å²) in [5.74, 6) is 1.51. The van der Waals surface area contributed by atoms with Gasteiger partial charge in [-0.15, -0.1) is 0 Å². The van der Waals surface area contributed by atoms with E-state index >= 15 is 0 Å². The Labute approximate surface area is 103 Å². The first-order chi connectivity index (χ1) is 8.30. The van der Waals surface area contributed by atoms with Crippen LogP contribution in [0.25, 0.3) is 0 Å². The summed E-state index contributed by atoms with van der Waals surface area (Å²) in [4.78, 5) is 4.38. The minimum Gasteiger partial charge on any atom is -0.383 e. The molecule has 0 saturated heterocycles. The van der Waals surface area contributed by atoms with Crippen LogP contribution in [0.4, 0.5) is 0 Å². The predicted molar refractivity (Wildman–Crippen MR) is 66.0 cm³/mol. The molecule has 1 rings (SSSR count). The molecule has 1 aromatic rings. The van der Waals surface area contributed by atoms with Gasteiger partial charge in [0.15, 0.2) is 5.82 Å². The van der Waals surface area contributed by atoms with Crippen molar-refractivity contribution < 1.29 is 9.26 Å². The van der Waals surface area contributed by atoms with Crippen LogP contribution in [0, 0.1) is 0 Å². The fourth-order valence-electron chi connectivity index (χ4n) is 1.70. The highest BCUT2D eigenvalue weighted by atomic mass is 16.5. The van der Waals surface area contributed by atoms with Crippen molar-refractivity contribution >= 4 is 0 Å². The van der Waals surface area contributed by atoms with Gasteiger partial charge in [-0.1, -0.05) is 25.4 Å². The molecule has 0 spiro atoms. The van der Waals surface area contributed by atoms with Crippen LogP contribution in [0.1, 0.15) is 38.4 Å². The lowest BCUT2D eigenvalue weighted by atomic mass is 10.2. The van der Waals surface area contributed by atoms with Gasteiger partial charge in [0, 0.05) is 26.0 Å². The summed E-state index contributed by atoms with van der Waals surface area (Å²) in [5, 5.41) is 7.30. The molecule has 5 heteroatoms. The number of hydrogen-bond donors (Lipinski definition) is 1. The van der Waals surface area contributed by atoms with Crippen molar-refractivity contribution in [2.75, 3.05) is 20.3 Å². The topological polar surface area (TPSA) is 60.2 Å². The highest BCUT2D eigenvalue weighted by molar-refractivity contribution is 4.89. The molecule has 0 amide bonds. The highest BCUT2D eigenvalue weighted by Crippen LogP contribution is 2.05. The van der Waals surface area contributed by atoms with Gasteiger partial charge in [-0.2, -0.15) is 4.98 Å². The Balaban J connectivity index is 2.45. The summed E-state index contributed by atoms with van der Waals surface area (Å²) in [5.41, 5.74) is 0. The van der Waals surface area contributed by atoms with E-state index in [0.717, 1.165) is 38.1 Å². The Morgan fingerprint density at radius 2 is 2.24 bits per heavy atom. The lowest BCUT2D eigenvalue weighted by Crippen LogP contribution is -2.35. The normalized spacial score (nSPS) is 12.9. The third kappa shape index (κ3) is 5.28. The van der Waals surface area contributed by atoms with Crippen LogP contribution in [0.3, 0.4) is 0 Å². The Kier molecular flexibility index (Phi) is 6.81. The van der Waals surface area contributed by atoms with Crippen LogP contribution in [-0.2, 0) is 17.6 Å². The first kappa shape index (κ1) is 14.1. The van der Waals surface area contributed by atoms with Gasteiger partial charge in [0.1, 0.15) is 0 Å². The maximum absolute atomic E-state index is 5.23. The molecule has 0 aliphatic heterocycles. The Bertz CT molecular complexity index is 296. The summed E-state index contributed by atoms with van der Waals surface area (Å²) < 4.78 is 10.4. The van der Waals surface area contributed by atoms with E-state index in [1.165, 1.54) is 0 Å². The summed E-state index contributed by atoms with van der Waals surface area (Å²) >= 11 is 0. The minimum absolute atomic E-state index is 0.240. The van der Waals surface area contributed by atoms with Gasteiger partial charge in [-0.3, -0.25) is 0 Å². The molecule has 0 aromatic carbocycles. The van der Waals surface area contributed by atoms with Gasteiger partial charge >= 0.3 is 0 Å². The largest absolute Gasteiger partial charge is 0.383 e. The molecule has 98 valence electrons. The number of ether oxygens (including phenoxy) is 1. The molecule has 1 unspecified atom stereocenters. The number of hydrogen-bond acceptors (Lipinski definition) is 5. The maximum atomic E-state index is 5.23. The SMILES string of the molecule is CCCCc1noc(CC(COC)NCC)n1. The second-order valence-electron chi connectivity index (χ2n) is 4.12. The molecule has 0 bridgehead atoms. The number of methoxy groups -OCH3 is 1. The number of unbranched alkanes of at least 4 members (excludes halogenated alkanes) is 1.